The normalized spacial score (nSPS) is 13.2. The molecule has 0 unspecified atom stereocenters. The lowest BCUT2D eigenvalue weighted by Gasteiger charge is -2.04. The molecule has 0 aliphatic carbocycles. The molecule has 0 aromatic rings. The number of nitrogens with two attached hydrogens (primary N) is 1. The zero-order valence-electron chi connectivity index (χ0n) is 5.56. The van der Waals surface area contributed by atoms with Gasteiger partial charge in [-0.3, -0.25) is 4.79 Å². The largest absolute Gasteiger partial charge is 0.321 e. The van der Waals surface area contributed by atoms with E-state index in [1.807, 2.05) is 6.92 Å². The molecule has 0 radical (unpaired) electrons. The predicted octanol–water partition coefficient (Wildman–Crippen LogP) is 1.08. The molecule has 0 amide bonds. The van der Waals surface area contributed by atoms with Crippen molar-refractivity contribution in [2.75, 3.05) is 5.33 Å². The van der Waals surface area contributed by atoms with Gasteiger partial charge in [-0.1, -0.05) is 29.3 Å². The lowest BCUT2D eigenvalue weighted by atomic mass is 10.1. The third-order valence-corrected chi connectivity index (χ3v) is 1.70. The van der Waals surface area contributed by atoms with Gasteiger partial charge in [0.1, 0.15) is 0 Å². The van der Waals surface area contributed by atoms with Crippen molar-refractivity contribution in [3.8, 4) is 0 Å². The molecular weight excluding hydrogens is 182 g/mol. The molecule has 0 aromatic heterocycles. The van der Waals surface area contributed by atoms with E-state index >= 15 is 0 Å². The van der Waals surface area contributed by atoms with Crippen LogP contribution in [-0.2, 0) is 4.79 Å². The van der Waals surface area contributed by atoms with Gasteiger partial charge in [0.2, 0.25) is 0 Å². The number of halogens is 1. The van der Waals surface area contributed by atoms with Crippen LogP contribution < -0.4 is 5.73 Å². The van der Waals surface area contributed by atoms with E-state index < -0.39 is 0 Å². The minimum Gasteiger partial charge on any atom is -0.321 e. The first-order chi connectivity index (χ1) is 4.22. The van der Waals surface area contributed by atoms with Gasteiger partial charge in [-0.25, -0.2) is 0 Å². The molecule has 0 bridgehead atoms. The Bertz CT molecular complexity index is 95.1. The average Bonchev–Trinajstić information content (AvgIpc) is 1.87. The Labute approximate surface area is 63.9 Å². The van der Waals surface area contributed by atoms with Gasteiger partial charge in [-0.15, -0.1) is 0 Å². The van der Waals surface area contributed by atoms with E-state index in [1.165, 1.54) is 0 Å². The summed E-state index contributed by atoms with van der Waals surface area (Å²) in [5.41, 5.74) is 5.46. The molecule has 0 fully saturated rings. The van der Waals surface area contributed by atoms with Gasteiger partial charge < -0.3 is 5.73 Å². The molecule has 0 aliphatic heterocycles. The zero-order chi connectivity index (χ0) is 7.28. The number of Topliss-reactive ketones (excluding diaryl/α,β-unsaturated/α-hetero) is 1. The maximum Gasteiger partial charge on any atom is 0.160 e. The minimum atomic E-state index is -0.255. The number of carbonyl (C=O) groups excluding carboxylic acids is 1. The number of rotatable bonds is 4. The highest BCUT2D eigenvalue weighted by atomic mass is 79.9. The first-order valence-electron chi connectivity index (χ1n) is 3.06. The highest BCUT2D eigenvalue weighted by molar-refractivity contribution is 9.09. The Morgan fingerprint density at radius 3 is 2.67 bits per heavy atom. The number of alkyl halides is 1. The molecule has 54 valence electrons. The molecule has 0 aliphatic rings. The Hall–Kier alpha value is 0.110. The second-order valence-electron chi connectivity index (χ2n) is 2.00. The van der Waals surface area contributed by atoms with Gasteiger partial charge in [0, 0.05) is 0 Å². The lowest BCUT2D eigenvalue weighted by Crippen LogP contribution is -2.30. The van der Waals surface area contributed by atoms with Crippen LogP contribution >= 0.6 is 15.9 Å². The van der Waals surface area contributed by atoms with Crippen molar-refractivity contribution in [3.05, 3.63) is 0 Å². The third-order valence-electron chi connectivity index (χ3n) is 1.14. The number of ketones is 1. The number of carbonyl (C=O) groups is 1. The van der Waals surface area contributed by atoms with E-state index in [0.717, 1.165) is 12.8 Å². The van der Waals surface area contributed by atoms with E-state index in [1.54, 1.807) is 0 Å². The van der Waals surface area contributed by atoms with Crippen LogP contribution in [0.1, 0.15) is 19.8 Å². The summed E-state index contributed by atoms with van der Waals surface area (Å²) in [5, 5.41) is 0.383. The maximum absolute atomic E-state index is 10.7. The molecule has 0 saturated carbocycles. The van der Waals surface area contributed by atoms with Crippen LogP contribution in [0.2, 0.25) is 0 Å². The Morgan fingerprint density at radius 2 is 2.33 bits per heavy atom. The minimum absolute atomic E-state index is 0.0943. The first-order valence-corrected chi connectivity index (χ1v) is 4.18. The number of hydrogen-bond acceptors (Lipinski definition) is 2. The summed E-state index contributed by atoms with van der Waals surface area (Å²) in [5.74, 6) is 0.0943. The van der Waals surface area contributed by atoms with Crippen molar-refractivity contribution in [2.24, 2.45) is 5.73 Å². The molecule has 1 atom stereocenters. The highest BCUT2D eigenvalue weighted by Gasteiger charge is 2.08. The fraction of sp³-hybridized carbons (Fsp3) is 0.833. The van der Waals surface area contributed by atoms with Gasteiger partial charge in [-0.05, 0) is 6.42 Å². The van der Waals surface area contributed by atoms with E-state index in [9.17, 15) is 4.79 Å². The molecular formula is C6H12BrNO. The summed E-state index contributed by atoms with van der Waals surface area (Å²) in [4.78, 5) is 10.7. The molecule has 3 heteroatoms. The Balaban J connectivity index is 3.45. The van der Waals surface area contributed by atoms with Gasteiger partial charge >= 0.3 is 0 Å². The van der Waals surface area contributed by atoms with Crippen LogP contribution in [0.15, 0.2) is 0 Å². The lowest BCUT2D eigenvalue weighted by molar-refractivity contribution is -0.117. The van der Waals surface area contributed by atoms with E-state index in [-0.39, 0.29) is 11.8 Å². The van der Waals surface area contributed by atoms with Crippen LogP contribution in [0.5, 0.6) is 0 Å². The molecule has 0 spiro atoms. The average molecular weight is 194 g/mol. The molecule has 0 heterocycles. The SMILES string of the molecule is CCC[C@@H](N)C(=O)CBr. The van der Waals surface area contributed by atoms with Crippen molar-refractivity contribution >= 4 is 21.7 Å². The fourth-order valence-electron chi connectivity index (χ4n) is 0.571. The second kappa shape index (κ2) is 4.94. The van der Waals surface area contributed by atoms with Crippen LogP contribution in [0.4, 0.5) is 0 Å². The smallest absolute Gasteiger partial charge is 0.160 e. The molecule has 0 saturated heterocycles. The van der Waals surface area contributed by atoms with Crippen molar-refractivity contribution in [2.45, 2.75) is 25.8 Å². The zero-order valence-corrected chi connectivity index (χ0v) is 7.15. The summed E-state index contributed by atoms with van der Waals surface area (Å²) in [7, 11) is 0. The van der Waals surface area contributed by atoms with E-state index in [4.69, 9.17) is 5.73 Å². The van der Waals surface area contributed by atoms with E-state index in [0.29, 0.717) is 5.33 Å². The van der Waals surface area contributed by atoms with Crippen molar-refractivity contribution in [3.63, 3.8) is 0 Å². The summed E-state index contributed by atoms with van der Waals surface area (Å²) >= 11 is 3.06. The summed E-state index contributed by atoms with van der Waals surface area (Å²) in [6.07, 6.45) is 1.77. The summed E-state index contributed by atoms with van der Waals surface area (Å²) in [6.45, 7) is 2.02. The number of hydrogen-bond donors (Lipinski definition) is 1. The van der Waals surface area contributed by atoms with Crippen molar-refractivity contribution < 1.29 is 4.79 Å². The molecule has 2 nitrogen and oxygen atoms in total. The van der Waals surface area contributed by atoms with Gasteiger partial charge in [-0.2, -0.15) is 0 Å². The Kier molecular flexibility index (Phi) is 5.00. The second-order valence-corrected chi connectivity index (χ2v) is 2.56. The molecule has 0 aromatic carbocycles. The van der Waals surface area contributed by atoms with Crippen LogP contribution in [0.3, 0.4) is 0 Å². The summed E-state index contributed by atoms with van der Waals surface area (Å²) < 4.78 is 0. The monoisotopic (exact) mass is 193 g/mol. The standard InChI is InChI=1S/C6H12BrNO/c1-2-3-5(8)6(9)4-7/h5H,2-4,8H2,1H3/t5-/m1/s1. The van der Waals surface area contributed by atoms with Crippen molar-refractivity contribution in [1.82, 2.24) is 0 Å². The van der Waals surface area contributed by atoms with Gasteiger partial charge in [0.25, 0.3) is 0 Å². The van der Waals surface area contributed by atoms with Crippen LogP contribution in [0.25, 0.3) is 0 Å². The topological polar surface area (TPSA) is 43.1 Å². The van der Waals surface area contributed by atoms with Gasteiger partial charge in [0.05, 0.1) is 11.4 Å². The third kappa shape index (κ3) is 3.65. The van der Waals surface area contributed by atoms with Crippen LogP contribution in [0, 0.1) is 0 Å². The van der Waals surface area contributed by atoms with Gasteiger partial charge in [0.15, 0.2) is 5.78 Å². The van der Waals surface area contributed by atoms with Crippen molar-refractivity contribution in [1.29, 1.82) is 0 Å². The maximum atomic E-state index is 10.7. The fourth-order valence-corrected chi connectivity index (χ4v) is 0.987. The first kappa shape index (κ1) is 9.11. The Morgan fingerprint density at radius 1 is 1.78 bits per heavy atom. The molecule has 9 heavy (non-hydrogen) atoms. The van der Waals surface area contributed by atoms with E-state index in [2.05, 4.69) is 15.9 Å². The van der Waals surface area contributed by atoms with Crippen LogP contribution in [-0.4, -0.2) is 17.2 Å². The highest BCUT2D eigenvalue weighted by Crippen LogP contribution is 1.96. The molecule has 2 N–H and O–H groups in total. The molecule has 0 rings (SSSR count). The summed E-state index contributed by atoms with van der Waals surface area (Å²) in [6, 6.07) is -0.255. The quantitative estimate of drug-likeness (QED) is 0.680. The predicted molar refractivity (Wildman–Crippen MR) is 41.7 cm³/mol.